The molecule has 2 N–H and O–H groups in total. The number of primary amides is 1. The highest BCUT2D eigenvalue weighted by atomic mass is 16.5. The second-order valence-electron chi connectivity index (χ2n) is 6.55. The number of nitrogens with two attached hydrogens (primary N) is 1. The Kier molecular flexibility index (Phi) is 4.88. The summed E-state index contributed by atoms with van der Waals surface area (Å²) in [6, 6.07) is 8.20. The van der Waals surface area contributed by atoms with Crippen LogP contribution in [0.25, 0.3) is 0 Å². The average molecular weight is 290 g/mol. The normalized spacial score (nSPS) is 23.2. The lowest BCUT2D eigenvalue weighted by atomic mass is 9.81. The van der Waals surface area contributed by atoms with Crippen molar-refractivity contribution in [2.45, 2.75) is 46.3 Å². The summed E-state index contributed by atoms with van der Waals surface area (Å²) >= 11 is 0. The van der Waals surface area contributed by atoms with E-state index in [9.17, 15) is 4.79 Å². The molecule has 1 unspecified atom stereocenters. The van der Waals surface area contributed by atoms with Crippen molar-refractivity contribution in [2.75, 3.05) is 13.1 Å². The zero-order valence-electron chi connectivity index (χ0n) is 13.3. The van der Waals surface area contributed by atoms with E-state index in [1.807, 2.05) is 32.9 Å². The van der Waals surface area contributed by atoms with E-state index < -0.39 is 0 Å². The molecule has 0 saturated carbocycles. The lowest BCUT2D eigenvalue weighted by Gasteiger charge is -2.38. The van der Waals surface area contributed by atoms with Gasteiger partial charge >= 0.3 is 0 Å². The summed E-state index contributed by atoms with van der Waals surface area (Å²) in [5.74, 6) is 0.710. The maximum absolute atomic E-state index is 11.6. The van der Waals surface area contributed by atoms with Gasteiger partial charge in [0.05, 0.1) is 11.5 Å². The van der Waals surface area contributed by atoms with Gasteiger partial charge in [-0.1, -0.05) is 12.1 Å². The van der Waals surface area contributed by atoms with E-state index in [1.54, 1.807) is 0 Å². The summed E-state index contributed by atoms with van der Waals surface area (Å²) in [7, 11) is 0. The Bertz CT molecular complexity index is 484. The first-order valence-electron chi connectivity index (χ1n) is 7.67. The van der Waals surface area contributed by atoms with Gasteiger partial charge in [0.25, 0.3) is 0 Å². The number of amides is 1. The highest BCUT2D eigenvalue weighted by Gasteiger charge is 2.35. The molecule has 2 rings (SSSR count). The van der Waals surface area contributed by atoms with Crippen LogP contribution in [0.5, 0.6) is 5.75 Å². The third-order valence-electron chi connectivity index (χ3n) is 4.07. The topological polar surface area (TPSA) is 55.6 Å². The van der Waals surface area contributed by atoms with Crippen molar-refractivity contribution in [2.24, 2.45) is 11.1 Å². The number of carbonyl (C=O) groups excluding carboxylic acids is 1. The summed E-state index contributed by atoms with van der Waals surface area (Å²) in [4.78, 5) is 13.9. The van der Waals surface area contributed by atoms with Gasteiger partial charge in [0.1, 0.15) is 5.75 Å². The van der Waals surface area contributed by atoms with E-state index in [1.165, 1.54) is 5.56 Å². The molecule has 1 aromatic carbocycles. The van der Waals surface area contributed by atoms with Gasteiger partial charge in [-0.2, -0.15) is 0 Å². The SMILES string of the molecule is CC(C)Oc1ccc(CN2CCCC(C)(C(N)=O)C2)cc1. The molecular weight excluding hydrogens is 264 g/mol. The smallest absolute Gasteiger partial charge is 0.224 e. The fourth-order valence-corrected chi connectivity index (χ4v) is 2.88. The van der Waals surface area contributed by atoms with Gasteiger partial charge in [-0.3, -0.25) is 9.69 Å². The highest BCUT2D eigenvalue weighted by Crippen LogP contribution is 2.30. The zero-order chi connectivity index (χ0) is 15.5. The molecule has 1 fully saturated rings. The monoisotopic (exact) mass is 290 g/mol. The van der Waals surface area contributed by atoms with Crippen molar-refractivity contribution >= 4 is 5.91 Å². The number of hydrogen-bond acceptors (Lipinski definition) is 3. The Morgan fingerprint density at radius 1 is 1.38 bits per heavy atom. The van der Waals surface area contributed by atoms with Gasteiger partial charge in [0, 0.05) is 13.1 Å². The molecule has 1 aromatic rings. The Morgan fingerprint density at radius 2 is 2.05 bits per heavy atom. The molecule has 1 heterocycles. The molecule has 4 heteroatoms. The zero-order valence-corrected chi connectivity index (χ0v) is 13.3. The van der Waals surface area contributed by atoms with E-state index in [0.717, 1.165) is 38.2 Å². The number of carbonyl (C=O) groups is 1. The molecule has 1 atom stereocenters. The maximum Gasteiger partial charge on any atom is 0.224 e. The summed E-state index contributed by atoms with van der Waals surface area (Å²) in [5.41, 5.74) is 6.39. The molecule has 0 aromatic heterocycles. The number of hydrogen-bond donors (Lipinski definition) is 1. The van der Waals surface area contributed by atoms with Crippen LogP contribution in [-0.2, 0) is 11.3 Å². The van der Waals surface area contributed by atoms with E-state index in [-0.39, 0.29) is 17.4 Å². The molecule has 4 nitrogen and oxygen atoms in total. The van der Waals surface area contributed by atoms with Gasteiger partial charge in [-0.05, 0) is 57.9 Å². The Morgan fingerprint density at radius 3 is 2.62 bits per heavy atom. The predicted molar refractivity (Wildman–Crippen MR) is 84.0 cm³/mol. The van der Waals surface area contributed by atoms with Gasteiger partial charge in [-0.25, -0.2) is 0 Å². The number of likely N-dealkylation sites (tertiary alicyclic amines) is 1. The van der Waals surface area contributed by atoms with Crippen molar-refractivity contribution in [1.82, 2.24) is 4.90 Å². The molecule has 1 saturated heterocycles. The minimum Gasteiger partial charge on any atom is -0.491 e. The van der Waals surface area contributed by atoms with Crippen LogP contribution < -0.4 is 10.5 Å². The first kappa shape index (κ1) is 15.8. The van der Waals surface area contributed by atoms with Crippen molar-refractivity contribution < 1.29 is 9.53 Å². The molecule has 0 bridgehead atoms. The molecule has 0 spiro atoms. The van der Waals surface area contributed by atoms with Gasteiger partial charge < -0.3 is 10.5 Å². The summed E-state index contributed by atoms with van der Waals surface area (Å²) in [6.45, 7) is 8.63. The molecule has 1 aliphatic heterocycles. The second-order valence-corrected chi connectivity index (χ2v) is 6.55. The first-order valence-corrected chi connectivity index (χ1v) is 7.67. The van der Waals surface area contributed by atoms with Crippen LogP contribution in [0.2, 0.25) is 0 Å². The minimum absolute atomic E-state index is 0.187. The standard InChI is InChI=1S/C17H26N2O2/c1-13(2)21-15-7-5-14(6-8-15)11-19-10-4-9-17(3,12-19)16(18)20/h5-8,13H,4,9-12H2,1-3H3,(H2,18,20). The van der Waals surface area contributed by atoms with E-state index >= 15 is 0 Å². The number of piperidine rings is 1. The minimum atomic E-state index is -0.390. The number of nitrogens with zero attached hydrogens (tertiary/aromatic N) is 1. The first-order chi connectivity index (χ1) is 9.89. The third-order valence-corrected chi connectivity index (χ3v) is 4.07. The van der Waals surface area contributed by atoms with Crippen molar-refractivity contribution in [3.8, 4) is 5.75 Å². The van der Waals surface area contributed by atoms with Crippen LogP contribution in [0.4, 0.5) is 0 Å². The molecule has 21 heavy (non-hydrogen) atoms. The van der Waals surface area contributed by atoms with Gasteiger partial charge in [0.15, 0.2) is 0 Å². The lowest BCUT2D eigenvalue weighted by Crippen LogP contribution is -2.48. The van der Waals surface area contributed by atoms with Crippen molar-refractivity contribution in [1.29, 1.82) is 0 Å². The largest absolute Gasteiger partial charge is 0.491 e. The van der Waals surface area contributed by atoms with E-state index in [0.29, 0.717) is 0 Å². The number of rotatable bonds is 5. The van der Waals surface area contributed by atoms with Crippen LogP contribution in [0.1, 0.15) is 39.2 Å². The van der Waals surface area contributed by atoms with Crippen LogP contribution in [0, 0.1) is 5.41 Å². The Balaban J connectivity index is 1.96. The lowest BCUT2D eigenvalue weighted by molar-refractivity contribution is -0.129. The molecule has 1 amide bonds. The number of ether oxygens (including phenoxy) is 1. The van der Waals surface area contributed by atoms with Crippen LogP contribution in [-0.4, -0.2) is 30.0 Å². The van der Waals surface area contributed by atoms with Crippen LogP contribution in [0.3, 0.4) is 0 Å². The molecule has 0 aliphatic carbocycles. The van der Waals surface area contributed by atoms with E-state index in [4.69, 9.17) is 10.5 Å². The molecule has 1 aliphatic rings. The fraction of sp³-hybridized carbons (Fsp3) is 0.588. The summed E-state index contributed by atoms with van der Waals surface area (Å²) in [6.07, 6.45) is 2.10. The fourth-order valence-electron chi connectivity index (χ4n) is 2.88. The maximum atomic E-state index is 11.6. The Hall–Kier alpha value is -1.55. The van der Waals surface area contributed by atoms with Gasteiger partial charge in [-0.15, -0.1) is 0 Å². The van der Waals surface area contributed by atoms with Crippen molar-refractivity contribution in [3.05, 3.63) is 29.8 Å². The second kappa shape index (κ2) is 6.48. The quantitative estimate of drug-likeness (QED) is 0.906. The number of benzene rings is 1. The van der Waals surface area contributed by atoms with Crippen molar-refractivity contribution in [3.63, 3.8) is 0 Å². The Labute approximate surface area is 127 Å². The summed E-state index contributed by atoms with van der Waals surface area (Å²) in [5, 5.41) is 0. The van der Waals surface area contributed by atoms with Gasteiger partial charge in [0.2, 0.25) is 5.91 Å². The predicted octanol–water partition coefficient (Wildman–Crippen LogP) is 2.56. The van der Waals surface area contributed by atoms with E-state index in [2.05, 4.69) is 17.0 Å². The average Bonchev–Trinajstić information content (AvgIpc) is 2.40. The van der Waals surface area contributed by atoms with Crippen LogP contribution >= 0.6 is 0 Å². The molecule has 0 radical (unpaired) electrons. The third kappa shape index (κ3) is 4.21. The molecular formula is C17H26N2O2. The highest BCUT2D eigenvalue weighted by molar-refractivity contribution is 5.80. The summed E-state index contributed by atoms with van der Waals surface area (Å²) < 4.78 is 5.65. The van der Waals surface area contributed by atoms with Crippen LogP contribution in [0.15, 0.2) is 24.3 Å². The molecule has 116 valence electrons.